The molecule has 0 saturated heterocycles. The lowest BCUT2D eigenvalue weighted by Gasteiger charge is -2.10. The van der Waals surface area contributed by atoms with Crippen molar-refractivity contribution in [2.45, 2.75) is 6.92 Å². The molecule has 0 aliphatic rings. The van der Waals surface area contributed by atoms with E-state index >= 15 is 0 Å². The normalized spacial score (nSPS) is 10.8. The lowest BCUT2D eigenvalue weighted by molar-refractivity contribution is -0.384. The van der Waals surface area contributed by atoms with Gasteiger partial charge in [-0.3, -0.25) is 14.9 Å². The van der Waals surface area contributed by atoms with Crippen molar-refractivity contribution in [1.82, 2.24) is 9.97 Å². The number of amides is 1. The van der Waals surface area contributed by atoms with Crippen molar-refractivity contribution in [2.75, 3.05) is 5.32 Å². The van der Waals surface area contributed by atoms with Crippen molar-refractivity contribution >= 4 is 39.0 Å². The lowest BCUT2D eigenvalue weighted by atomic mass is 10.1. The largest absolute Gasteiger partial charge is 0.322 e. The number of carbonyl (C=O) groups excluding carboxylic acids is 1. The number of nitro groups is 1. The highest BCUT2D eigenvalue weighted by Gasteiger charge is 2.14. The van der Waals surface area contributed by atoms with E-state index in [1.807, 2.05) is 37.3 Å². The van der Waals surface area contributed by atoms with E-state index in [9.17, 15) is 14.9 Å². The maximum Gasteiger partial charge on any atom is 0.270 e. The summed E-state index contributed by atoms with van der Waals surface area (Å²) >= 11 is 1.48. The molecule has 0 bridgehead atoms. The zero-order chi connectivity index (χ0) is 19.7. The molecule has 0 aliphatic heterocycles. The number of rotatable bonds is 4. The molecule has 0 radical (unpaired) electrons. The van der Waals surface area contributed by atoms with Crippen LogP contribution in [0.25, 0.3) is 20.9 Å². The van der Waals surface area contributed by atoms with Crippen LogP contribution in [-0.4, -0.2) is 20.8 Å². The number of fused-ring (bicyclic) bond motifs is 1. The summed E-state index contributed by atoms with van der Waals surface area (Å²) in [5, 5.41) is 14.6. The number of carbonyl (C=O) groups is 1. The summed E-state index contributed by atoms with van der Waals surface area (Å²) < 4.78 is 0. The number of nitro benzene ring substituents is 1. The van der Waals surface area contributed by atoms with Crippen LogP contribution >= 0.6 is 11.3 Å². The molecule has 8 heteroatoms. The van der Waals surface area contributed by atoms with Crippen LogP contribution in [0.4, 0.5) is 11.4 Å². The highest BCUT2D eigenvalue weighted by Crippen LogP contribution is 2.31. The summed E-state index contributed by atoms with van der Waals surface area (Å²) in [5.74, 6) is -0.407. The van der Waals surface area contributed by atoms with Gasteiger partial charge in [-0.05, 0) is 36.8 Å². The number of aryl methyl sites for hydroxylation is 1. The molecule has 0 saturated carbocycles. The molecule has 2 aromatic heterocycles. The highest BCUT2D eigenvalue weighted by molar-refractivity contribution is 7.21. The molecule has 2 aromatic carbocycles. The number of benzene rings is 2. The van der Waals surface area contributed by atoms with Gasteiger partial charge >= 0.3 is 0 Å². The van der Waals surface area contributed by atoms with Crippen molar-refractivity contribution in [3.8, 4) is 10.6 Å². The SMILES string of the molecule is Cc1ccc(-c2nc3cccnc3s2)cc1NC(=O)c1cccc([N+](=O)[O-])c1. The summed E-state index contributed by atoms with van der Waals surface area (Å²) in [6.45, 7) is 1.88. The predicted molar refractivity (Wildman–Crippen MR) is 109 cm³/mol. The number of hydrogen-bond donors (Lipinski definition) is 1. The summed E-state index contributed by atoms with van der Waals surface area (Å²) in [6, 6.07) is 15.1. The number of hydrogen-bond acceptors (Lipinski definition) is 6. The Balaban J connectivity index is 1.65. The van der Waals surface area contributed by atoms with E-state index in [2.05, 4.69) is 15.3 Å². The average molecular weight is 390 g/mol. The summed E-state index contributed by atoms with van der Waals surface area (Å²) in [7, 11) is 0. The summed E-state index contributed by atoms with van der Waals surface area (Å²) in [4.78, 5) is 32.7. The Morgan fingerprint density at radius 3 is 2.79 bits per heavy atom. The second-order valence-corrected chi connectivity index (χ2v) is 7.12. The average Bonchev–Trinajstić information content (AvgIpc) is 3.14. The van der Waals surface area contributed by atoms with Gasteiger partial charge in [0.05, 0.1) is 4.92 Å². The number of nitrogens with zero attached hydrogens (tertiary/aromatic N) is 3. The molecular formula is C20H14N4O3S. The third-order valence-electron chi connectivity index (χ3n) is 4.22. The van der Waals surface area contributed by atoms with Crippen LogP contribution in [-0.2, 0) is 0 Å². The van der Waals surface area contributed by atoms with Gasteiger partial charge in [0.2, 0.25) is 0 Å². The van der Waals surface area contributed by atoms with E-state index in [1.165, 1.54) is 29.5 Å². The molecule has 138 valence electrons. The Hall–Kier alpha value is -3.65. The maximum atomic E-state index is 12.6. The number of pyridine rings is 1. The standard InChI is InChI=1S/C20H14N4O3S/c1-12-7-8-14(19-23-16-6-3-9-21-20(16)28-19)11-17(12)22-18(25)13-4-2-5-15(10-13)24(26)27/h2-11H,1H3,(H,22,25). The van der Waals surface area contributed by atoms with E-state index < -0.39 is 10.8 Å². The van der Waals surface area contributed by atoms with E-state index in [-0.39, 0.29) is 11.3 Å². The fraction of sp³-hybridized carbons (Fsp3) is 0.0500. The second kappa shape index (κ2) is 7.16. The van der Waals surface area contributed by atoms with Crippen LogP contribution in [0.15, 0.2) is 60.8 Å². The zero-order valence-corrected chi connectivity index (χ0v) is 15.6. The third-order valence-corrected chi connectivity index (χ3v) is 5.25. The molecule has 0 fully saturated rings. The molecule has 1 N–H and O–H groups in total. The van der Waals surface area contributed by atoms with Gasteiger partial charge in [0.1, 0.15) is 15.4 Å². The first-order valence-corrected chi connectivity index (χ1v) is 9.21. The Labute approximate surface area is 163 Å². The Morgan fingerprint density at radius 2 is 2.00 bits per heavy atom. The topological polar surface area (TPSA) is 98.0 Å². The van der Waals surface area contributed by atoms with Crippen molar-refractivity contribution in [3.63, 3.8) is 0 Å². The first kappa shape index (κ1) is 17.7. The zero-order valence-electron chi connectivity index (χ0n) is 14.7. The van der Waals surface area contributed by atoms with Gasteiger partial charge in [-0.1, -0.05) is 29.5 Å². The number of nitrogens with one attached hydrogen (secondary N) is 1. The van der Waals surface area contributed by atoms with Crippen LogP contribution in [0, 0.1) is 17.0 Å². The second-order valence-electron chi connectivity index (χ2n) is 6.14. The molecule has 7 nitrogen and oxygen atoms in total. The molecule has 0 spiro atoms. The van der Waals surface area contributed by atoms with Crippen molar-refractivity contribution < 1.29 is 9.72 Å². The molecule has 4 aromatic rings. The molecule has 0 atom stereocenters. The summed E-state index contributed by atoms with van der Waals surface area (Å²) in [6.07, 6.45) is 1.73. The summed E-state index contributed by atoms with van der Waals surface area (Å²) in [5.41, 5.74) is 3.29. The van der Waals surface area contributed by atoms with Crippen LogP contribution in [0.1, 0.15) is 15.9 Å². The van der Waals surface area contributed by atoms with Gasteiger partial charge in [-0.2, -0.15) is 0 Å². The number of thiazole rings is 1. The van der Waals surface area contributed by atoms with Gasteiger partial charge in [0.25, 0.3) is 11.6 Å². The van der Waals surface area contributed by atoms with Crippen molar-refractivity contribution in [3.05, 3.63) is 82.0 Å². The fourth-order valence-electron chi connectivity index (χ4n) is 2.74. The minimum absolute atomic E-state index is 0.125. The highest BCUT2D eigenvalue weighted by atomic mass is 32.1. The molecule has 1 amide bonds. The van der Waals surface area contributed by atoms with Gasteiger partial charge in [-0.25, -0.2) is 9.97 Å². The van der Waals surface area contributed by atoms with Gasteiger partial charge in [-0.15, -0.1) is 0 Å². The van der Waals surface area contributed by atoms with Gasteiger partial charge in [0, 0.05) is 35.1 Å². The first-order chi connectivity index (χ1) is 13.5. The first-order valence-electron chi connectivity index (χ1n) is 8.39. The van der Waals surface area contributed by atoms with Crippen LogP contribution in [0.3, 0.4) is 0 Å². The van der Waals surface area contributed by atoms with Crippen molar-refractivity contribution in [2.24, 2.45) is 0 Å². The molecule has 0 aliphatic carbocycles. The molecule has 4 rings (SSSR count). The van der Waals surface area contributed by atoms with Gasteiger partial charge in [0.15, 0.2) is 0 Å². The number of anilines is 1. The maximum absolute atomic E-state index is 12.6. The van der Waals surface area contributed by atoms with Crippen LogP contribution in [0.2, 0.25) is 0 Å². The molecule has 0 unspecified atom stereocenters. The monoisotopic (exact) mass is 390 g/mol. The van der Waals surface area contributed by atoms with E-state index in [1.54, 1.807) is 12.3 Å². The minimum atomic E-state index is -0.524. The quantitative estimate of drug-likeness (QED) is 0.398. The van der Waals surface area contributed by atoms with Crippen molar-refractivity contribution in [1.29, 1.82) is 0 Å². The smallest absolute Gasteiger partial charge is 0.270 e. The number of aromatic nitrogens is 2. The molecule has 2 heterocycles. The number of non-ortho nitro benzene ring substituents is 1. The third kappa shape index (κ3) is 3.45. The molecular weight excluding hydrogens is 376 g/mol. The van der Waals surface area contributed by atoms with E-state index in [0.717, 1.165) is 26.5 Å². The van der Waals surface area contributed by atoms with Crippen LogP contribution < -0.4 is 5.32 Å². The lowest BCUT2D eigenvalue weighted by Crippen LogP contribution is -2.13. The predicted octanol–water partition coefficient (Wildman–Crippen LogP) is 4.83. The van der Waals surface area contributed by atoms with Crippen LogP contribution in [0.5, 0.6) is 0 Å². The fourth-order valence-corrected chi connectivity index (χ4v) is 3.64. The van der Waals surface area contributed by atoms with Gasteiger partial charge < -0.3 is 5.32 Å². The Morgan fingerprint density at radius 1 is 1.14 bits per heavy atom. The Kier molecular flexibility index (Phi) is 4.54. The van der Waals surface area contributed by atoms with E-state index in [4.69, 9.17) is 0 Å². The minimum Gasteiger partial charge on any atom is -0.322 e. The van der Waals surface area contributed by atoms with E-state index in [0.29, 0.717) is 5.69 Å². The molecule has 28 heavy (non-hydrogen) atoms. The Bertz CT molecular complexity index is 1190.